The van der Waals surface area contributed by atoms with Crippen LogP contribution in [0, 0.1) is 6.92 Å². The summed E-state index contributed by atoms with van der Waals surface area (Å²) >= 11 is 6.30. The molecule has 2 aromatic heterocycles. The van der Waals surface area contributed by atoms with Crippen molar-refractivity contribution >= 4 is 22.5 Å². The second kappa shape index (κ2) is 8.86. The fourth-order valence-corrected chi connectivity index (χ4v) is 3.58. The molecule has 0 bridgehead atoms. The van der Waals surface area contributed by atoms with Crippen LogP contribution in [0.2, 0.25) is 5.02 Å². The van der Waals surface area contributed by atoms with Crippen LogP contribution in [0.25, 0.3) is 10.9 Å². The molecule has 30 heavy (non-hydrogen) atoms. The Balaban J connectivity index is 1.64. The van der Waals surface area contributed by atoms with Gasteiger partial charge in [0.15, 0.2) is 0 Å². The number of halogens is 1. The molecule has 0 aliphatic rings. The van der Waals surface area contributed by atoms with E-state index >= 15 is 0 Å². The van der Waals surface area contributed by atoms with Crippen molar-refractivity contribution in [2.45, 2.75) is 33.0 Å². The molecule has 2 aromatic carbocycles. The Labute approximate surface area is 181 Å². The van der Waals surface area contributed by atoms with Gasteiger partial charge in [0.05, 0.1) is 11.6 Å². The first-order valence-corrected chi connectivity index (χ1v) is 10.3. The fraction of sp³-hybridized carbons (Fsp3) is 0.250. The lowest BCUT2D eigenvalue weighted by Crippen LogP contribution is -2.22. The van der Waals surface area contributed by atoms with Crippen molar-refractivity contribution in [3.8, 4) is 5.88 Å². The van der Waals surface area contributed by atoms with Gasteiger partial charge in [0.2, 0.25) is 5.88 Å². The summed E-state index contributed by atoms with van der Waals surface area (Å²) in [6.45, 7) is 5.20. The van der Waals surface area contributed by atoms with E-state index < -0.39 is 0 Å². The van der Waals surface area contributed by atoms with Crippen LogP contribution in [0.15, 0.2) is 65.4 Å². The number of pyridine rings is 1. The van der Waals surface area contributed by atoms with Crippen molar-refractivity contribution < 1.29 is 9.26 Å². The minimum Gasteiger partial charge on any atom is -0.472 e. The molecule has 5 nitrogen and oxygen atoms in total. The van der Waals surface area contributed by atoms with E-state index in [9.17, 15) is 0 Å². The first-order chi connectivity index (χ1) is 14.5. The first-order valence-electron chi connectivity index (χ1n) is 9.88. The van der Waals surface area contributed by atoms with E-state index in [4.69, 9.17) is 25.8 Å². The Bertz CT molecular complexity index is 1140. The maximum absolute atomic E-state index is 6.30. The summed E-state index contributed by atoms with van der Waals surface area (Å²) in [6, 6.07) is 18.1. The van der Waals surface area contributed by atoms with E-state index in [1.54, 1.807) is 6.26 Å². The van der Waals surface area contributed by atoms with Crippen molar-refractivity contribution in [2.24, 2.45) is 0 Å². The molecule has 0 saturated heterocycles. The molecule has 0 fully saturated rings. The number of aromatic nitrogens is 2. The van der Waals surface area contributed by atoms with Crippen LogP contribution in [-0.4, -0.2) is 22.1 Å². The molecule has 0 amide bonds. The molecule has 4 aromatic rings. The van der Waals surface area contributed by atoms with Gasteiger partial charge in [0, 0.05) is 34.1 Å². The molecule has 0 N–H and O–H groups in total. The van der Waals surface area contributed by atoms with E-state index in [1.807, 2.05) is 36.4 Å². The smallest absolute Gasteiger partial charge is 0.218 e. The molecule has 1 atom stereocenters. The van der Waals surface area contributed by atoms with Crippen LogP contribution in [0.3, 0.4) is 0 Å². The largest absolute Gasteiger partial charge is 0.472 e. The number of benzene rings is 2. The van der Waals surface area contributed by atoms with Gasteiger partial charge >= 0.3 is 0 Å². The molecule has 0 saturated carbocycles. The zero-order valence-electron chi connectivity index (χ0n) is 17.3. The predicted molar refractivity (Wildman–Crippen MR) is 119 cm³/mol. The standard InChI is InChI=1S/C24H24ClN3O2/c1-16-8-9-23-19(12-16)13-20(14-28(3)17(2)22-10-11-30-27-22)24(26-23)29-15-18-6-4-5-7-21(18)25/h4-13,17H,14-15H2,1-3H3. The molecule has 154 valence electrons. The molecule has 0 aliphatic heterocycles. The quantitative estimate of drug-likeness (QED) is 0.368. The predicted octanol–water partition coefficient (Wildman–Crippen LogP) is 5.96. The molecular weight excluding hydrogens is 398 g/mol. The van der Waals surface area contributed by atoms with E-state index in [2.05, 4.69) is 49.2 Å². The minimum absolute atomic E-state index is 0.0911. The Kier molecular flexibility index (Phi) is 6.02. The zero-order chi connectivity index (χ0) is 21.1. The van der Waals surface area contributed by atoms with Gasteiger partial charge in [0.1, 0.15) is 18.6 Å². The monoisotopic (exact) mass is 421 g/mol. The Morgan fingerprint density at radius 3 is 2.70 bits per heavy atom. The maximum Gasteiger partial charge on any atom is 0.218 e. The summed E-state index contributed by atoms with van der Waals surface area (Å²) in [5.41, 5.74) is 4.94. The van der Waals surface area contributed by atoms with E-state index in [-0.39, 0.29) is 6.04 Å². The number of hydrogen-bond donors (Lipinski definition) is 0. The van der Waals surface area contributed by atoms with Gasteiger partial charge in [-0.3, -0.25) is 4.90 Å². The molecular formula is C24H24ClN3O2. The van der Waals surface area contributed by atoms with Crippen LogP contribution in [0.5, 0.6) is 5.88 Å². The number of fused-ring (bicyclic) bond motifs is 1. The highest BCUT2D eigenvalue weighted by atomic mass is 35.5. The van der Waals surface area contributed by atoms with Crippen molar-refractivity contribution in [3.05, 3.63) is 88.3 Å². The van der Waals surface area contributed by atoms with E-state index in [0.717, 1.165) is 27.7 Å². The fourth-order valence-electron chi connectivity index (χ4n) is 3.39. The van der Waals surface area contributed by atoms with Crippen molar-refractivity contribution in [1.82, 2.24) is 15.0 Å². The van der Waals surface area contributed by atoms with Crippen LogP contribution in [0.4, 0.5) is 0 Å². The lowest BCUT2D eigenvalue weighted by Gasteiger charge is -2.24. The summed E-state index contributed by atoms with van der Waals surface area (Å²) in [4.78, 5) is 7.00. The average Bonchev–Trinajstić information content (AvgIpc) is 3.27. The third-order valence-corrected chi connectivity index (χ3v) is 5.67. The number of rotatable bonds is 7. The van der Waals surface area contributed by atoms with Gasteiger partial charge in [-0.2, -0.15) is 0 Å². The van der Waals surface area contributed by atoms with E-state index in [0.29, 0.717) is 24.1 Å². The Hall–Kier alpha value is -2.89. The number of nitrogens with zero attached hydrogens (tertiary/aromatic N) is 3. The number of hydrogen-bond acceptors (Lipinski definition) is 5. The van der Waals surface area contributed by atoms with Crippen LogP contribution >= 0.6 is 11.6 Å². The zero-order valence-corrected chi connectivity index (χ0v) is 18.1. The maximum atomic E-state index is 6.30. The average molecular weight is 422 g/mol. The van der Waals surface area contributed by atoms with Crippen molar-refractivity contribution in [2.75, 3.05) is 7.05 Å². The van der Waals surface area contributed by atoms with Gasteiger partial charge in [-0.15, -0.1) is 0 Å². The lowest BCUT2D eigenvalue weighted by atomic mass is 10.1. The van der Waals surface area contributed by atoms with E-state index in [1.165, 1.54) is 5.56 Å². The van der Waals surface area contributed by atoms with Gasteiger partial charge in [-0.05, 0) is 45.2 Å². The summed E-state index contributed by atoms with van der Waals surface area (Å²) in [5.74, 6) is 0.616. The third kappa shape index (κ3) is 4.48. The molecule has 2 heterocycles. The molecule has 1 unspecified atom stereocenters. The van der Waals surface area contributed by atoms with Crippen LogP contribution in [-0.2, 0) is 13.2 Å². The summed E-state index contributed by atoms with van der Waals surface area (Å²) < 4.78 is 11.2. The Morgan fingerprint density at radius 1 is 1.10 bits per heavy atom. The molecule has 4 rings (SSSR count). The van der Waals surface area contributed by atoms with Gasteiger partial charge in [0.25, 0.3) is 0 Å². The van der Waals surface area contributed by atoms with Crippen molar-refractivity contribution in [3.63, 3.8) is 0 Å². The molecule has 0 radical (unpaired) electrons. The SMILES string of the molecule is Cc1ccc2nc(OCc3ccccc3Cl)c(CN(C)C(C)c3ccon3)cc2c1. The highest BCUT2D eigenvalue weighted by Gasteiger charge is 2.18. The van der Waals surface area contributed by atoms with Crippen molar-refractivity contribution in [1.29, 1.82) is 0 Å². The second-order valence-corrected chi connectivity index (χ2v) is 7.95. The summed E-state index contributed by atoms with van der Waals surface area (Å²) in [7, 11) is 2.05. The van der Waals surface area contributed by atoms with Gasteiger partial charge in [-0.1, -0.05) is 46.6 Å². The van der Waals surface area contributed by atoms with Crippen LogP contribution in [0.1, 0.15) is 35.3 Å². The van der Waals surface area contributed by atoms with Gasteiger partial charge < -0.3 is 9.26 Å². The summed E-state index contributed by atoms with van der Waals surface area (Å²) in [5, 5.41) is 5.85. The number of ether oxygens (including phenoxy) is 1. The summed E-state index contributed by atoms with van der Waals surface area (Å²) in [6.07, 6.45) is 1.60. The third-order valence-electron chi connectivity index (χ3n) is 5.30. The highest BCUT2D eigenvalue weighted by molar-refractivity contribution is 6.31. The minimum atomic E-state index is 0.0911. The molecule has 0 spiro atoms. The number of aryl methyl sites for hydroxylation is 1. The highest BCUT2D eigenvalue weighted by Crippen LogP contribution is 2.28. The normalized spacial score (nSPS) is 12.4. The molecule has 0 aliphatic carbocycles. The first kappa shape index (κ1) is 20.4. The molecule has 6 heteroatoms. The lowest BCUT2D eigenvalue weighted by molar-refractivity contribution is 0.231. The van der Waals surface area contributed by atoms with Crippen LogP contribution < -0.4 is 4.74 Å². The van der Waals surface area contributed by atoms with Gasteiger partial charge in [-0.25, -0.2) is 4.98 Å². The second-order valence-electron chi connectivity index (χ2n) is 7.54. The Morgan fingerprint density at radius 2 is 1.93 bits per heavy atom. The topological polar surface area (TPSA) is 51.4 Å².